The first-order valence-electron chi connectivity index (χ1n) is 6.87. The molecule has 1 unspecified atom stereocenters. The summed E-state index contributed by atoms with van der Waals surface area (Å²) in [5, 5.41) is 3.28. The van der Waals surface area contributed by atoms with Gasteiger partial charge in [-0.15, -0.1) is 12.4 Å². The van der Waals surface area contributed by atoms with Crippen molar-refractivity contribution in [2.45, 2.75) is 26.2 Å². The van der Waals surface area contributed by atoms with Gasteiger partial charge in [-0.05, 0) is 49.9 Å². The van der Waals surface area contributed by atoms with Crippen LogP contribution in [0, 0.1) is 12.8 Å². The zero-order chi connectivity index (χ0) is 12.5. The molecule has 1 N–H and O–H groups in total. The zero-order valence-corrected chi connectivity index (χ0v) is 12.1. The van der Waals surface area contributed by atoms with Gasteiger partial charge in [-0.2, -0.15) is 0 Å². The molecule has 1 atom stereocenters. The second-order valence-electron chi connectivity index (χ2n) is 5.42. The number of carbonyl (C=O) groups excluding carboxylic acids is 1. The summed E-state index contributed by atoms with van der Waals surface area (Å²) in [7, 11) is 0. The van der Waals surface area contributed by atoms with E-state index in [0.717, 1.165) is 44.6 Å². The Hall–Kier alpha value is -1.06. The molecule has 0 radical (unpaired) electrons. The van der Waals surface area contributed by atoms with Crippen LogP contribution in [0.4, 0.5) is 5.69 Å². The lowest BCUT2D eigenvalue weighted by molar-refractivity contribution is -0.121. The highest BCUT2D eigenvalue weighted by molar-refractivity contribution is 5.96. The van der Waals surface area contributed by atoms with Gasteiger partial charge in [-0.1, -0.05) is 12.1 Å². The average Bonchev–Trinajstić information content (AvgIpc) is 2.91. The summed E-state index contributed by atoms with van der Waals surface area (Å²) in [5.74, 6) is 0.489. The van der Waals surface area contributed by atoms with Crippen molar-refractivity contribution in [2.24, 2.45) is 5.92 Å². The van der Waals surface area contributed by atoms with Gasteiger partial charge in [0.05, 0.1) is 5.92 Å². The Labute approximate surface area is 120 Å². The van der Waals surface area contributed by atoms with Gasteiger partial charge >= 0.3 is 0 Å². The highest BCUT2D eigenvalue weighted by atomic mass is 35.5. The van der Waals surface area contributed by atoms with Crippen LogP contribution >= 0.6 is 12.4 Å². The fourth-order valence-corrected chi connectivity index (χ4v) is 3.00. The second-order valence-corrected chi connectivity index (χ2v) is 5.42. The first-order chi connectivity index (χ1) is 8.75. The number of nitrogens with one attached hydrogen (secondary N) is 1. The van der Waals surface area contributed by atoms with Gasteiger partial charge in [0.2, 0.25) is 5.91 Å². The van der Waals surface area contributed by atoms with E-state index in [2.05, 4.69) is 30.4 Å². The zero-order valence-electron chi connectivity index (χ0n) is 11.3. The Morgan fingerprint density at radius 1 is 1.42 bits per heavy atom. The number of carbonyl (C=O) groups is 1. The van der Waals surface area contributed by atoms with Crippen molar-refractivity contribution < 1.29 is 4.79 Å². The number of halogens is 1. The number of rotatable bonds is 1. The first-order valence-corrected chi connectivity index (χ1v) is 6.87. The predicted octanol–water partition coefficient (Wildman–Crippen LogP) is 2.31. The number of nitrogens with zero attached hydrogens (tertiary/aromatic N) is 1. The molecule has 3 nitrogen and oxygen atoms in total. The maximum atomic E-state index is 12.6. The van der Waals surface area contributed by atoms with Crippen molar-refractivity contribution in [1.82, 2.24) is 5.32 Å². The summed E-state index contributed by atoms with van der Waals surface area (Å²) in [6.07, 6.45) is 3.17. The smallest absolute Gasteiger partial charge is 0.231 e. The average molecular weight is 281 g/mol. The predicted molar refractivity (Wildman–Crippen MR) is 80.1 cm³/mol. The summed E-state index contributed by atoms with van der Waals surface area (Å²) < 4.78 is 0. The summed E-state index contributed by atoms with van der Waals surface area (Å²) in [5.41, 5.74) is 3.71. The molecule has 4 heteroatoms. The SMILES string of the molecule is Cc1ccc2c(c1)N(C(=O)C1CCNC1)CCC2.Cl. The molecule has 0 spiro atoms. The van der Waals surface area contributed by atoms with Gasteiger partial charge in [0.25, 0.3) is 0 Å². The van der Waals surface area contributed by atoms with Crippen LogP contribution in [0.25, 0.3) is 0 Å². The summed E-state index contributed by atoms with van der Waals surface area (Å²) >= 11 is 0. The minimum atomic E-state index is 0. The number of hydrogen-bond acceptors (Lipinski definition) is 2. The Kier molecular flexibility index (Phi) is 4.48. The molecule has 2 aliphatic rings. The molecule has 1 aromatic rings. The fourth-order valence-electron chi connectivity index (χ4n) is 3.00. The molecule has 0 aromatic heterocycles. The van der Waals surface area contributed by atoms with E-state index in [-0.39, 0.29) is 18.3 Å². The normalized spacial score (nSPS) is 21.7. The van der Waals surface area contributed by atoms with Gasteiger partial charge in [0, 0.05) is 18.8 Å². The quantitative estimate of drug-likeness (QED) is 0.856. The highest BCUT2D eigenvalue weighted by Gasteiger charge is 2.30. The van der Waals surface area contributed by atoms with Gasteiger partial charge < -0.3 is 10.2 Å². The van der Waals surface area contributed by atoms with Crippen LogP contribution in [0.5, 0.6) is 0 Å². The van der Waals surface area contributed by atoms with Crippen LogP contribution in [0.15, 0.2) is 18.2 Å². The monoisotopic (exact) mass is 280 g/mol. The minimum Gasteiger partial charge on any atom is -0.316 e. The lowest BCUT2D eigenvalue weighted by atomic mass is 9.97. The molecule has 1 aromatic carbocycles. The number of hydrogen-bond donors (Lipinski definition) is 1. The summed E-state index contributed by atoms with van der Waals surface area (Å²) in [6.45, 7) is 4.79. The molecule has 3 rings (SSSR count). The maximum Gasteiger partial charge on any atom is 0.231 e. The number of anilines is 1. The molecule has 2 aliphatic heterocycles. The largest absolute Gasteiger partial charge is 0.316 e. The van der Waals surface area contributed by atoms with Crippen molar-refractivity contribution in [3.63, 3.8) is 0 Å². The molecule has 0 bridgehead atoms. The van der Waals surface area contributed by atoms with Crippen LogP contribution in [0.1, 0.15) is 24.0 Å². The van der Waals surface area contributed by atoms with E-state index in [1.807, 2.05) is 4.90 Å². The number of fused-ring (bicyclic) bond motifs is 1. The van der Waals surface area contributed by atoms with Gasteiger partial charge in [0.15, 0.2) is 0 Å². The molecular weight excluding hydrogens is 260 g/mol. The Bertz CT molecular complexity index is 469. The standard InChI is InChI=1S/C15H20N2O.ClH/c1-11-4-5-12-3-2-8-17(14(12)9-11)15(18)13-6-7-16-10-13;/h4-5,9,13,16H,2-3,6-8,10H2,1H3;1H. The van der Waals surface area contributed by atoms with E-state index in [9.17, 15) is 4.79 Å². The van der Waals surface area contributed by atoms with E-state index >= 15 is 0 Å². The molecule has 0 saturated carbocycles. The van der Waals surface area contributed by atoms with Crippen molar-refractivity contribution in [3.8, 4) is 0 Å². The molecule has 1 fully saturated rings. The number of benzene rings is 1. The van der Waals surface area contributed by atoms with E-state index in [4.69, 9.17) is 0 Å². The van der Waals surface area contributed by atoms with E-state index in [1.54, 1.807) is 0 Å². The molecule has 1 amide bonds. The van der Waals surface area contributed by atoms with Crippen LogP contribution in [0.3, 0.4) is 0 Å². The van der Waals surface area contributed by atoms with E-state index < -0.39 is 0 Å². The number of aryl methyl sites for hydroxylation is 2. The lowest BCUT2D eigenvalue weighted by Gasteiger charge is -2.31. The van der Waals surface area contributed by atoms with Crippen molar-refractivity contribution >= 4 is 24.0 Å². The molecule has 1 saturated heterocycles. The Balaban J connectivity index is 0.00000133. The van der Waals surface area contributed by atoms with Gasteiger partial charge in [-0.25, -0.2) is 0 Å². The van der Waals surface area contributed by atoms with Crippen molar-refractivity contribution in [3.05, 3.63) is 29.3 Å². The molecule has 0 aliphatic carbocycles. The second kappa shape index (κ2) is 5.93. The molecule has 19 heavy (non-hydrogen) atoms. The third kappa shape index (κ3) is 2.77. The first kappa shape index (κ1) is 14.4. The minimum absolute atomic E-state index is 0. The van der Waals surface area contributed by atoms with E-state index in [1.165, 1.54) is 11.1 Å². The summed E-state index contributed by atoms with van der Waals surface area (Å²) in [4.78, 5) is 14.6. The van der Waals surface area contributed by atoms with Crippen molar-refractivity contribution in [1.29, 1.82) is 0 Å². The van der Waals surface area contributed by atoms with Crippen LogP contribution in [0.2, 0.25) is 0 Å². The van der Waals surface area contributed by atoms with E-state index in [0.29, 0.717) is 5.91 Å². The Morgan fingerprint density at radius 2 is 2.26 bits per heavy atom. The third-order valence-corrected chi connectivity index (χ3v) is 4.04. The van der Waals surface area contributed by atoms with Crippen LogP contribution < -0.4 is 10.2 Å². The lowest BCUT2D eigenvalue weighted by Crippen LogP contribution is -2.40. The number of amides is 1. The van der Waals surface area contributed by atoms with Gasteiger partial charge in [-0.3, -0.25) is 4.79 Å². The molecular formula is C15H21ClN2O. The third-order valence-electron chi connectivity index (χ3n) is 4.04. The molecule has 104 valence electrons. The van der Waals surface area contributed by atoms with Crippen molar-refractivity contribution in [2.75, 3.05) is 24.5 Å². The summed E-state index contributed by atoms with van der Waals surface area (Å²) in [6, 6.07) is 6.48. The van der Waals surface area contributed by atoms with Gasteiger partial charge in [0.1, 0.15) is 0 Å². The van der Waals surface area contributed by atoms with Crippen LogP contribution in [-0.4, -0.2) is 25.5 Å². The Morgan fingerprint density at radius 3 is 3.00 bits per heavy atom. The molecule has 2 heterocycles. The maximum absolute atomic E-state index is 12.6. The topological polar surface area (TPSA) is 32.3 Å². The van der Waals surface area contributed by atoms with Crippen LogP contribution in [-0.2, 0) is 11.2 Å². The fraction of sp³-hybridized carbons (Fsp3) is 0.533. The highest BCUT2D eigenvalue weighted by Crippen LogP contribution is 2.30.